The van der Waals surface area contributed by atoms with E-state index in [0.717, 1.165) is 18.0 Å². The zero-order chi connectivity index (χ0) is 14.6. The van der Waals surface area contributed by atoms with Crippen molar-refractivity contribution in [1.82, 2.24) is 20.2 Å². The lowest BCUT2D eigenvalue weighted by atomic mass is 10.2. The number of hydrogen-bond donors (Lipinski definition) is 0. The summed E-state index contributed by atoms with van der Waals surface area (Å²) in [7, 11) is 0. The summed E-state index contributed by atoms with van der Waals surface area (Å²) < 4.78 is 7.19. The molecule has 0 aromatic carbocycles. The molecule has 0 amide bonds. The Hall–Kier alpha value is -1.11. The van der Waals surface area contributed by atoms with E-state index in [4.69, 9.17) is 4.74 Å². The maximum atomic E-state index is 11.6. The number of nitrogens with zero attached hydrogens (tertiary/aromatic N) is 4. The van der Waals surface area contributed by atoms with Crippen molar-refractivity contribution in [3.63, 3.8) is 0 Å². The Bertz CT molecular complexity index is 449. The van der Waals surface area contributed by atoms with Gasteiger partial charge in [-0.1, -0.05) is 24.6 Å². The van der Waals surface area contributed by atoms with E-state index in [0.29, 0.717) is 18.2 Å². The van der Waals surface area contributed by atoms with Crippen LogP contribution in [0.1, 0.15) is 58.9 Å². The number of rotatable bonds is 5. The van der Waals surface area contributed by atoms with E-state index in [1.54, 1.807) is 0 Å². The van der Waals surface area contributed by atoms with Crippen LogP contribution in [0.15, 0.2) is 5.16 Å². The SMILES string of the molecule is CC(C)(C)OC(=O)CCSc1nnnn1C1CCCC1. The van der Waals surface area contributed by atoms with Crippen molar-refractivity contribution < 1.29 is 9.53 Å². The molecule has 0 N–H and O–H groups in total. The standard InChI is InChI=1S/C13H22N4O2S/c1-13(2,3)19-11(18)8-9-20-12-14-15-16-17(12)10-6-4-5-7-10/h10H,4-9H2,1-3H3. The zero-order valence-electron chi connectivity index (χ0n) is 12.3. The van der Waals surface area contributed by atoms with Crippen molar-refractivity contribution in [2.24, 2.45) is 0 Å². The second kappa shape index (κ2) is 6.56. The molecule has 20 heavy (non-hydrogen) atoms. The van der Waals surface area contributed by atoms with Crippen molar-refractivity contribution in [1.29, 1.82) is 0 Å². The summed E-state index contributed by atoms with van der Waals surface area (Å²) in [6.07, 6.45) is 5.15. The number of thioether (sulfide) groups is 1. The Balaban J connectivity index is 1.80. The van der Waals surface area contributed by atoms with Gasteiger partial charge in [0.2, 0.25) is 5.16 Å². The molecule has 2 rings (SSSR count). The predicted octanol–water partition coefficient (Wildman–Crippen LogP) is 2.61. The maximum Gasteiger partial charge on any atom is 0.307 e. The van der Waals surface area contributed by atoms with Gasteiger partial charge in [-0.25, -0.2) is 4.68 Å². The van der Waals surface area contributed by atoms with Crippen LogP contribution in [0.2, 0.25) is 0 Å². The third-order valence-electron chi connectivity index (χ3n) is 3.09. The van der Waals surface area contributed by atoms with E-state index in [-0.39, 0.29) is 5.97 Å². The highest BCUT2D eigenvalue weighted by atomic mass is 32.2. The van der Waals surface area contributed by atoms with Crippen LogP contribution in [0.3, 0.4) is 0 Å². The molecule has 1 fully saturated rings. The molecule has 0 bridgehead atoms. The lowest BCUT2D eigenvalue weighted by Crippen LogP contribution is -2.24. The molecule has 0 aliphatic heterocycles. The van der Waals surface area contributed by atoms with Gasteiger partial charge in [0.05, 0.1) is 12.5 Å². The van der Waals surface area contributed by atoms with Crippen LogP contribution in [-0.4, -0.2) is 37.5 Å². The summed E-state index contributed by atoms with van der Waals surface area (Å²) in [6, 6.07) is 0.425. The first-order chi connectivity index (χ1) is 9.46. The summed E-state index contributed by atoms with van der Waals surface area (Å²) in [4.78, 5) is 11.6. The van der Waals surface area contributed by atoms with Crippen LogP contribution in [0.25, 0.3) is 0 Å². The van der Waals surface area contributed by atoms with E-state index in [9.17, 15) is 4.79 Å². The van der Waals surface area contributed by atoms with Crippen molar-refractivity contribution >= 4 is 17.7 Å². The van der Waals surface area contributed by atoms with Gasteiger partial charge >= 0.3 is 5.97 Å². The molecule has 0 atom stereocenters. The van der Waals surface area contributed by atoms with Crippen LogP contribution in [0.4, 0.5) is 0 Å². The zero-order valence-corrected chi connectivity index (χ0v) is 13.2. The summed E-state index contributed by atoms with van der Waals surface area (Å²) in [6.45, 7) is 5.62. The van der Waals surface area contributed by atoms with Gasteiger partial charge in [0.15, 0.2) is 0 Å². The van der Waals surface area contributed by atoms with E-state index in [1.807, 2.05) is 25.5 Å². The molecule has 1 aromatic heterocycles. The van der Waals surface area contributed by atoms with Gasteiger partial charge in [0.25, 0.3) is 0 Å². The van der Waals surface area contributed by atoms with Crippen molar-refractivity contribution in [3.8, 4) is 0 Å². The second-order valence-electron chi connectivity index (χ2n) is 6.03. The molecule has 0 saturated heterocycles. The van der Waals surface area contributed by atoms with Gasteiger partial charge in [0, 0.05) is 5.75 Å². The maximum absolute atomic E-state index is 11.6. The fourth-order valence-electron chi connectivity index (χ4n) is 2.28. The van der Waals surface area contributed by atoms with Crippen LogP contribution in [0, 0.1) is 0 Å². The largest absolute Gasteiger partial charge is 0.460 e. The van der Waals surface area contributed by atoms with E-state index >= 15 is 0 Å². The molecule has 0 spiro atoms. The first kappa shape index (κ1) is 15.3. The number of tetrazole rings is 1. The average molecular weight is 298 g/mol. The molecule has 0 radical (unpaired) electrons. The van der Waals surface area contributed by atoms with Crippen LogP contribution in [-0.2, 0) is 9.53 Å². The second-order valence-corrected chi connectivity index (χ2v) is 7.09. The number of esters is 1. The molecule has 0 unspecified atom stereocenters. The van der Waals surface area contributed by atoms with Crippen LogP contribution >= 0.6 is 11.8 Å². The molecule has 1 aliphatic rings. The lowest BCUT2D eigenvalue weighted by molar-refractivity contribution is -0.154. The minimum absolute atomic E-state index is 0.176. The molecule has 112 valence electrons. The number of carbonyl (C=O) groups is 1. The van der Waals surface area contributed by atoms with E-state index in [1.165, 1.54) is 24.6 Å². The van der Waals surface area contributed by atoms with Crippen molar-refractivity contribution in [3.05, 3.63) is 0 Å². The minimum Gasteiger partial charge on any atom is -0.460 e. The lowest BCUT2D eigenvalue weighted by Gasteiger charge is -2.19. The number of carbonyl (C=O) groups excluding carboxylic acids is 1. The topological polar surface area (TPSA) is 69.9 Å². The smallest absolute Gasteiger partial charge is 0.307 e. The van der Waals surface area contributed by atoms with Crippen molar-refractivity contribution in [2.75, 3.05) is 5.75 Å². The Labute approximate surface area is 123 Å². The van der Waals surface area contributed by atoms with Crippen LogP contribution < -0.4 is 0 Å². The average Bonchev–Trinajstić information content (AvgIpc) is 2.95. The molecule has 1 aromatic rings. The quantitative estimate of drug-likeness (QED) is 0.615. The third kappa shape index (κ3) is 4.47. The number of hydrogen-bond acceptors (Lipinski definition) is 6. The first-order valence-electron chi connectivity index (χ1n) is 7.08. The van der Waals surface area contributed by atoms with Gasteiger partial charge in [-0.05, 0) is 44.0 Å². The highest BCUT2D eigenvalue weighted by molar-refractivity contribution is 7.99. The summed E-state index contributed by atoms with van der Waals surface area (Å²) in [5.74, 6) is 0.465. The van der Waals surface area contributed by atoms with Gasteiger partial charge in [0.1, 0.15) is 5.60 Å². The molecule has 6 nitrogen and oxygen atoms in total. The monoisotopic (exact) mass is 298 g/mol. The summed E-state index contributed by atoms with van der Waals surface area (Å²) in [5.41, 5.74) is -0.423. The molecule has 7 heteroatoms. The van der Waals surface area contributed by atoms with Gasteiger partial charge in [-0.15, -0.1) is 5.10 Å². The van der Waals surface area contributed by atoms with E-state index < -0.39 is 5.60 Å². The Morgan fingerprint density at radius 1 is 1.40 bits per heavy atom. The fraction of sp³-hybridized carbons (Fsp3) is 0.846. The molecular weight excluding hydrogens is 276 g/mol. The van der Waals surface area contributed by atoms with E-state index in [2.05, 4.69) is 15.5 Å². The molecule has 1 heterocycles. The predicted molar refractivity (Wildman–Crippen MR) is 76.5 cm³/mol. The number of aromatic nitrogens is 4. The Kier molecular flexibility index (Phi) is 5.01. The Morgan fingerprint density at radius 3 is 2.75 bits per heavy atom. The highest BCUT2D eigenvalue weighted by Gasteiger charge is 2.22. The third-order valence-corrected chi connectivity index (χ3v) is 4.03. The summed E-state index contributed by atoms with van der Waals surface area (Å²) in [5, 5.41) is 12.7. The van der Waals surface area contributed by atoms with Crippen molar-refractivity contribution in [2.45, 2.75) is 69.7 Å². The molecule has 1 saturated carbocycles. The highest BCUT2D eigenvalue weighted by Crippen LogP contribution is 2.31. The summed E-state index contributed by atoms with van der Waals surface area (Å²) >= 11 is 1.52. The van der Waals surface area contributed by atoms with Gasteiger partial charge in [-0.2, -0.15) is 0 Å². The first-order valence-corrected chi connectivity index (χ1v) is 8.07. The number of ether oxygens (including phenoxy) is 1. The van der Waals surface area contributed by atoms with Crippen LogP contribution in [0.5, 0.6) is 0 Å². The Morgan fingerprint density at radius 2 is 2.10 bits per heavy atom. The minimum atomic E-state index is -0.423. The normalized spacial score (nSPS) is 16.6. The molecule has 1 aliphatic carbocycles. The van der Waals surface area contributed by atoms with Gasteiger partial charge < -0.3 is 4.74 Å². The molecular formula is C13H22N4O2S. The fourth-order valence-corrected chi connectivity index (χ4v) is 3.14. The van der Waals surface area contributed by atoms with Gasteiger partial charge in [-0.3, -0.25) is 4.79 Å².